The Bertz CT molecular complexity index is 907. The van der Waals surface area contributed by atoms with Crippen molar-refractivity contribution >= 4 is 5.97 Å². The van der Waals surface area contributed by atoms with Gasteiger partial charge in [-0.2, -0.15) is 0 Å². The van der Waals surface area contributed by atoms with E-state index in [0.29, 0.717) is 18.1 Å². The molecule has 4 nitrogen and oxygen atoms in total. The van der Waals surface area contributed by atoms with Crippen molar-refractivity contribution in [2.45, 2.75) is 86.7 Å². The topological polar surface area (TPSA) is 66.8 Å². The zero-order chi connectivity index (χ0) is 26.8. The molecule has 0 amide bonds. The number of esters is 1. The van der Waals surface area contributed by atoms with E-state index in [-0.39, 0.29) is 18.7 Å². The molecule has 1 atom stereocenters. The predicted octanol–water partition coefficient (Wildman–Crippen LogP) is 8.20. The van der Waals surface area contributed by atoms with Crippen LogP contribution in [0.15, 0.2) is 71.8 Å². The summed E-state index contributed by atoms with van der Waals surface area (Å²) < 4.78 is 5.15. The van der Waals surface area contributed by atoms with Crippen LogP contribution >= 0.6 is 0 Å². The third-order valence-corrected chi connectivity index (χ3v) is 5.20. The molecule has 0 aliphatic carbocycles. The summed E-state index contributed by atoms with van der Waals surface area (Å²) in [5, 5.41) is 18.0. The second-order valence-electron chi connectivity index (χ2n) is 9.17. The van der Waals surface area contributed by atoms with Gasteiger partial charge in [-0.3, -0.25) is 4.79 Å². The molecule has 0 spiro atoms. The molecule has 2 aromatic rings. The first-order chi connectivity index (χ1) is 16.5. The van der Waals surface area contributed by atoms with E-state index < -0.39 is 0 Å². The van der Waals surface area contributed by atoms with Crippen molar-refractivity contribution in [3.8, 4) is 5.75 Å². The molecule has 1 unspecified atom stereocenters. The van der Waals surface area contributed by atoms with Gasteiger partial charge in [-0.1, -0.05) is 86.5 Å². The molecule has 0 radical (unpaired) electrons. The van der Waals surface area contributed by atoms with Gasteiger partial charge in [0, 0.05) is 6.42 Å². The fraction of sp³-hybridized carbons (Fsp3) is 0.452. The average Bonchev–Trinajstić information content (AvgIpc) is 2.80. The first-order valence-corrected chi connectivity index (χ1v) is 12.4. The molecule has 0 aliphatic rings. The second-order valence-corrected chi connectivity index (χ2v) is 9.17. The molecule has 0 bridgehead atoms. The Morgan fingerprint density at radius 2 is 1.63 bits per heavy atom. The smallest absolute Gasteiger partial charge is 0.306 e. The summed E-state index contributed by atoms with van der Waals surface area (Å²) in [6, 6.07) is 15.5. The lowest BCUT2D eigenvalue weighted by molar-refractivity contribution is -0.148. The van der Waals surface area contributed by atoms with E-state index >= 15 is 0 Å². The van der Waals surface area contributed by atoms with Gasteiger partial charge in [0.2, 0.25) is 0 Å². The number of phenols is 1. The van der Waals surface area contributed by atoms with Crippen LogP contribution in [0, 0.1) is 6.92 Å². The average molecular weight is 483 g/mol. The van der Waals surface area contributed by atoms with Crippen LogP contribution in [-0.2, 0) is 9.53 Å². The molecule has 2 N–H and O–H groups in total. The minimum absolute atomic E-state index is 0.145. The Hall–Kier alpha value is -2.85. The fourth-order valence-electron chi connectivity index (χ4n) is 3.06. The number of hydrogen-bond acceptors (Lipinski definition) is 4. The van der Waals surface area contributed by atoms with Gasteiger partial charge in [0.15, 0.2) is 0 Å². The maximum atomic E-state index is 11.0. The van der Waals surface area contributed by atoms with Crippen molar-refractivity contribution in [2.24, 2.45) is 0 Å². The number of carbonyl (C=O) groups excluding carboxylic acids is 1. The lowest BCUT2D eigenvalue weighted by Gasteiger charge is -2.12. The van der Waals surface area contributed by atoms with Crippen molar-refractivity contribution < 1.29 is 19.7 Å². The number of phenolic OH excluding ortho intramolecular Hbond substituents is 1. The van der Waals surface area contributed by atoms with Crippen LogP contribution in [0.4, 0.5) is 0 Å². The third-order valence-electron chi connectivity index (χ3n) is 5.20. The number of benzene rings is 2. The van der Waals surface area contributed by atoms with E-state index in [1.54, 1.807) is 13.0 Å². The number of aliphatic hydroxyl groups excluding tert-OH is 1. The van der Waals surface area contributed by atoms with Crippen molar-refractivity contribution in [3.63, 3.8) is 0 Å². The van der Waals surface area contributed by atoms with Gasteiger partial charge in [-0.25, -0.2) is 0 Å². The van der Waals surface area contributed by atoms with Crippen LogP contribution in [0.25, 0.3) is 0 Å². The van der Waals surface area contributed by atoms with E-state index in [9.17, 15) is 9.90 Å². The zero-order valence-electron chi connectivity index (χ0n) is 23.0. The summed E-state index contributed by atoms with van der Waals surface area (Å²) in [4.78, 5) is 11.0. The molecule has 0 saturated heterocycles. The molecule has 0 aromatic heterocycles. The van der Waals surface area contributed by atoms with E-state index in [4.69, 9.17) is 9.84 Å². The fourth-order valence-corrected chi connectivity index (χ4v) is 3.06. The highest BCUT2D eigenvalue weighted by Crippen LogP contribution is 2.25. The van der Waals surface area contributed by atoms with Gasteiger partial charge in [0.1, 0.15) is 11.9 Å². The lowest BCUT2D eigenvalue weighted by atomic mass is 10.0. The molecule has 2 aromatic carbocycles. The standard InChI is InChI=1S/C11H14O2.C10H14O.C10H18O/c1-3-11(12)13-9(2)10-7-5-4-6-8-10;1-7(2)9-5-4-8(3)6-10(9)11;1-9(2)5-4-6-10(3)7-8-11/h4-9H,3H2,1-2H3;4-7,11H,1-3H3;5,7,11H,4,6,8H2,1-3H3/b;;10-7+. The Morgan fingerprint density at radius 3 is 2.11 bits per heavy atom. The number of aryl methyl sites for hydroxylation is 1. The van der Waals surface area contributed by atoms with E-state index in [0.717, 1.165) is 29.5 Å². The molecule has 0 fully saturated rings. The highest BCUT2D eigenvalue weighted by atomic mass is 16.5. The molecule has 0 saturated carbocycles. The Morgan fingerprint density at radius 1 is 1.00 bits per heavy atom. The normalized spacial score (nSPS) is 11.4. The first-order valence-electron chi connectivity index (χ1n) is 12.4. The van der Waals surface area contributed by atoms with Crippen LogP contribution in [0.2, 0.25) is 0 Å². The third kappa shape index (κ3) is 15.6. The van der Waals surface area contributed by atoms with Crippen LogP contribution in [-0.4, -0.2) is 22.8 Å². The quantitative estimate of drug-likeness (QED) is 0.294. The number of allylic oxidation sites excluding steroid dienone is 3. The monoisotopic (exact) mass is 482 g/mol. The van der Waals surface area contributed by atoms with Crippen LogP contribution < -0.4 is 0 Å². The molecular formula is C31H46O4. The summed E-state index contributed by atoms with van der Waals surface area (Å²) in [5.41, 5.74) is 5.79. The van der Waals surface area contributed by atoms with Crippen molar-refractivity contribution in [1.29, 1.82) is 0 Å². The summed E-state index contributed by atoms with van der Waals surface area (Å²) in [6.07, 6.45) is 6.51. The maximum Gasteiger partial charge on any atom is 0.306 e. The van der Waals surface area contributed by atoms with Gasteiger partial charge < -0.3 is 14.9 Å². The maximum absolute atomic E-state index is 11.0. The Labute approximate surface area is 213 Å². The molecule has 4 heteroatoms. The molecular weight excluding hydrogens is 436 g/mol. The van der Waals surface area contributed by atoms with Crippen molar-refractivity contribution in [3.05, 3.63) is 88.5 Å². The summed E-state index contributed by atoms with van der Waals surface area (Å²) in [7, 11) is 0. The molecule has 2 rings (SSSR count). The van der Waals surface area contributed by atoms with E-state index in [1.165, 1.54) is 11.1 Å². The predicted molar refractivity (Wildman–Crippen MR) is 148 cm³/mol. The number of aliphatic hydroxyl groups is 1. The first kappa shape index (κ1) is 32.1. The molecule has 0 heterocycles. The van der Waals surface area contributed by atoms with Crippen molar-refractivity contribution in [1.82, 2.24) is 0 Å². The van der Waals surface area contributed by atoms with E-state index in [1.807, 2.05) is 62.4 Å². The molecule has 35 heavy (non-hydrogen) atoms. The number of carbonyl (C=O) groups is 1. The summed E-state index contributed by atoms with van der Waals surface area (Å²) >= 11 is 0. The van der Waals surface area contributed by atoms with Gasteiger partial charge in [0.25, 0.3) is 0 Å². The van der Waals surface area contributed by atoms with Gasteiger partial charge in [-0.05, 0) is 76.1 Å². The molecule has 0 aliphatic heterocycles. The Kier molecular flexibility index (Phi) is 17.0. The second kappa shape index (κ2) is 18.5. The SMILES string of the molecule is CC(C)=CCC/C(C)=C/CO.CCC(=O)OC(C)c1ccccc1.Cc1ccc(C(C)C)c(O)c1. The van der Waals surface area contributed by atoms with Crippen LogP contribution in [0.5, 0.6) is 5.75 Å². The molecule has 194 valence electrons. The lowest BCUT2D eigenvalue weighted by Crippen LogP contribution is -2.06. The number of aromatic hydroxyl groups is 1. The van der Waals surface area contributed by atoms with Gasteiger partial charge >= 0.3 is 5.97 Å². The zero-order valence-corrected chi connectivity index (χ0v) is 23.0. The largest absolute Gasteiger partial charge is 0.508 e. The van der Waals surface area contributed by atoms with Crippen LogP contribution in [0.3, 0.4) is 0 Å². The van der Waals surface area contributed by atoms with Crippen molar-refractivity contribution in [2.75, 3.05) is 6.61 Å². The minimum Gasteiger partial charge on any atom is -0.508 e. The Balaban J connectivity index is 0.000000498. The van der Waals surface area contributed by atoms with E-state index in [2.05, 4.69) is 40.7 Å². The minimum atomic E-state index is -0.156. The highest BCUT2D eigenvalue weighted by molar-refractivity contribution is 5.69. The van der Waals surface area contributed by atoms with Gasteiger partial charge in [-0.15, -0.1) is 0 Å². The summed E-state index contributed by atoms with van der Waals surface area (Å²) in [6.45, 7) is 16.2. The highest BCUT2D eigenvalue weighted by Gasteiger charge is 2.08. The number of hydrogen-bond donors (Lipinski definition) is 2. The van der Waals surface area contributed by atoms with Crippen LogP contribution in [0.1, 0.15) is 96.4 Å². The number of rotatable bonds is 8. The van der Waals surface area contributed by atoms with Gasteiger partial charge in [0.05, 0.1) is 6.61 Å². The number of ether oxygens (including phenoxy) is 1. The summed E-state index contributed by atoms with van der Waals surface area (Å²) in [5.74, 6) is 0.659.